The minimum atomic E-state index is -4.57. The van der Waals surface area contributed by atoms with Gasteiger partial charge in [0.25, 0.3) is 0 Å². The van der Waals surface area contributed by atoms with Crippen molar-refractivity contribution in [2.45, 2.75) is 46.0 Å². The summed E-state index contributed by atoms with van der Waals surface area (Å²) >= 11 is 0. The van der Waals surface area contributed by atoms with E-state index in [1.165, 1.54) is 29.2 Å². The second-order valence-corrected chi connectivity index (χ2v) is 5.35. The van der Waals surface area contributed by atoms with Gasteiger partial charge in [0.15, 0.2) is 0 Å². The van der Waals surface area contributed by atoms with E-state index in [1.807, 2.05) is 0 Å². The van der Waals surface area contributed by atoms with Crippen molar-refractivity contribution < 1.29 is 18.0 Å². The van der Waals surface area contributed by atoms with Crippen LogP contribution in [-0.4, -0.2) is 29.1 Å². The first-order valence-corrected chi connectivity index (χ1v) is 6.81. The van der Waals surface area contributed by atoms with E-state index in [1.54, 1.807) is 33.8 Å². The monoisotopic (exact) mass is 299 g/mol. The summed E-state index contributed by atoms with van der Waals surface area (Å²) in [7, 11) is 0. The third-order valence-corrected chi connectivity index (χ3v) is 3.03. The van der Waals surface area contributed by atoms with Gasteiger partial charge in [0.1, 0.15) is 0 Å². The van der Waals surface area contributed by atoms with Crippen molar-refractivity contribution >= 4 is 11.5 Å². The van der Waals surface area contributed by atoms with Crippen molar-refractivity contribution in [1.29, 1.82) is 0 Å². The standard InChI is InChI=1S/C16H20F3NO/c1-11(2)20(12(3)4)15(21)10-14(16(17,18)19)13-8-6-5-7-9-13/h5-12H,1-4H3/b14-10-. The lowest BCUT2D eigenvalue weighted by Gasteiger charge is -2.30. The number of benzene rings is 1. The van der Waals surface area contributed by atoms with Crippen molar-refractivity contribution in [1.82, 2.24) is 4.90 Å². The highest BCUT2D eigenvalue weighted by molar-refractivity contribution is 5.96. The molecule has 116 valence electrons. The highest BCUT2D eigenvalue weighted by Gasteiger charge is 2.36. The van der Waals surface area contributed by atoms with Gasteiger partial charge in [-0.1, -0.05) is 30.3 Å². The molecule has 0 aromatic heterocycles. The quantitative estimate of drug-likeness (QED) is 0.760. The molecule has 0 spiro atoms. The van der Waals surface area contributed by atoms with Crippen LogP contribution in [0.25, 0.3) is 5.57 Å². The Bertz CT molecular complexity index is 496. The number of carbonyl (C=O) groups is 1. The first kappa shape index (κ1) is 17.3. The summed E-state index contributed by atoms with van der Waals surface area (Å²) in [5.41, 5.74) is -0.926. The van der Waals surface area contributed by atoms with Gasteiger partial charge in [0, 0.05) is 18.2 Å². The lowest BCUT2D eigenvalue weighted by atomic mass is 10.0. The molecule has 0 saturated heterocycles. The van der Waals surface area contributed by atoms with Gasteiger partial charge >= 0.3 is 6.18 Å². The number of amides is 1. The maximum atomic E-state index is 13.2. The van der Waals surface area contributed by atoms with Gasteiger partial charge in [0.05, 0.1) is 5.57 Å². The summed E-state index contributed by atoms with van der Waals surface area (Å²) in [5, 5.41) is 0. The Morgan fingerprint density at radius 3 is 1.90 bits per heavy atom. The smallest absolute Gasteiger partial charge is 0.334 e. The van der Waals surface area contributed by atoms with Crippen molar-refractivity contribution in [3.05, 3.63) is 42.0 Å². The molecule has 0 N–H and O–H groups in total. The van der Waals surface area contributed by atoms with E-state index in [0.717, 1.165) is 0 Å². The Kier molecular flexibility index (Phi) is 5.58. The van der Waals surface area contributed by atoms with Crippen LogP contribution in [0.2, 0.25) is 0 Å². The van der Waals surface area contributed by atoms with E-state index in [4.69, 9.17) is 0 Å². The first-order valence-electron chi connectivity index (χ1n) is 6.81. The van der Waals surface area contributed by atoms with Gasteiger partial charge in [-0.15, -0.1) is 0 Å². The van der Waals surface area contributed by atoms with Crippen LogP contribution in [0.1, 0.15) is 33.3 Å². The van der Waals surface area contributed by atoms with Gasteiger partial charge in [-0.2, -0.15) is 13.2 Å². The molecule has 0 fully saturated rings. The number of allylic oxidation sites excluding steroid dienone is 1. The summed E-state index contributed by atoms with van der Waals surface area (Å²) in [4.78, 5) is 13.6. The molecule has 5 heteroatoms. The molecule has 0 saturated carbocycles. The molecule has 1 aromatic rings. The molecule has 0 aliphatic rings. The number of nitrogens with zero attached hydrogens (tertiary/aromatic N) is 1. The Balaban J connectivity index is 3.24. The van der Waals surface area contributed by atoms with Crippen LogP contribution >= 0.6 is 0 Å². The van der Waals surface area contributed by atoms with Crippen molar-refractivity contribution in [3.63, 3.8) is 0 Å². The normalized spacial score (nSPS) is 12.9. The van der Waals surface area contributed by atoms with E-state index in [-0.39, 0.29) is 17.6 Å². The van der Waals surface area contributed by atoms with Crippen molar-refractivity contribution in [2.24, 2.45) is 0 Å². The van der Waals surface area contributed by atoms with Gasteiger partial charge in [-0.3, -0.25) is 4.79 Å². The molecule has 0 heterocycles. The Hall–Kier alpha value is -1.78. The molecule has 1 amide bonds. The highest BCUT2D eigenvalue weighted by Crippen LogP contribution is 2.34. The zero-order valence-electron chi connectivity index (χ0n) is 12.6. The van der Waals surface area contributed by atoms with Crippen LogP contribution < -0.4 is 0 Å². The molecule has 1 rings (SSSR count). The van der Waals surface area contributed by atoms with E-state index in [0.29, 0.717) is 6.08 Å². The fraction of sp³-hybridized carbons (Fsp3) is 0.438. The van der Waals surface area contributed by atoms with Crippen LogP contribution in [0.5, 0.6) is 0 Å². The number of rotatable bonds is 4. The van der Waals surface area contributed by atoms with Gasteiger partial charge in [-0.25, -0.2) is 0 Å². The first-order chi connectivity index (χ1) is 9.64. The third kappa shape index (κ3) is 4.62. The topological polar surface area (TPSA) is 20.3 Å². The van der Waals surface area contributed by atoms with Crippen LogP contribution in [0, 0.1) is 0 Å². The molecule has 0 atom stereocenters. The van der Waals surface area contributed by atoms with E-state index in [2.05, 4.69) is 0 Å². The number of alkyl halides is 3. The van der Waals surface area contributed by atoms with Gasteiger partial charge in [0.2, 0.25) is 5.91 Å². The zero-order chi connectivity index (χ0) is 16.2. The predicted molar refractivity (Wildman–Crippen MR) is 77.6 cm³/mol. The van der Waals surface area contributed by atoms with Crippen molar-refractivity contribution in [2.75, 3.05) is 0 Å². The molecule has 0 bridgehead atoms. The molecular weight excluding hydrogens is 279 g/mol. The highest BCUT2D eigenvalue weighted by atomic mass is 19.4. The van der Waals surface area contributed by atoms with E-state index >= 15 is 0 Å². The second-order valence-electron chi connectivity index (χ2n) is 5.35. The lowest BCUT2D eigenvalue weighted by Crippen LogP contribution is -2.41. The van der Waals surface area contributed by atoms with Gasteiger partial charge in [-0.05, 0) is 33.3 Å². The maximum Gasteiger partial charge on any atom is 0.417 e. The number of hydrogen-bond acceptors (Lipinski definition) is 1. The Morgan fingerprint density at radius 2 is 1.52 bits per heavy atom. The molecule has 1 aromatic carbocycles. The number of halogens is 3. The van der Waals surface area contributed by atoms with Crippen LogP contribution in [0.15, 0.2) is 36.4 Å². The Morgan fingerprint density at radius 1 is 1.05 bits per heavy atom. The molecule has 0 aliphatic carbocycles. The average molecular weight is 299 g/mol. The summed E-state index contributed by atoms with van der Waals surface area (Å²) in [5.74, 6) is -0.629. The van der Waals surface area contributed by atoms with E-state index < -0.39 is 17.7 Å². The second kappa shape index (κ2) is 6.78. The molecule has 21 heavy (non-hydrogen) atoms. The predicted octanol–water partition coefficient (Wildman–Crippen LogP) is 4.28. The molecule has 0 unspecified atom stereocenters. The lowest BCUT2D eigenvalue weighted by molar-refractivity contribution is -0.129. The number of carbonyl (C=O) groups excluding carboxylic acids is 1. The fourth-order valence-electron chi connectivity index (χ4n) is 2.25. The molecule has 0 radical (unpaired) electrons. The van der Waals surface area contributed by atoms with Crippen LogP contribution in [-0.2, 0) is 4.79 Å². The summed E-state index contributed by atoms with van der Waals surface area (Å²) in [6, 6.07) is 7.03. The average Bonchev–Trinajstić information content (AvgIpc) is 2.34. The fourth-order valence-corrected chi connectivity index (χ4v) is 2.25. The summed E-state index contributed by atoms with van der Waals surface area (Å²) in [6.45, 7) is 7.12. The van der Waals surface area contributed by atoms with Crippen LogP contribution in [0.3, 0.4) is 0 Å². The summed E-state index contributed by atoms with van der Waals surface area (Å²) < 4.78 is 39.6. The third-order valence-electron chi connectivity index (χ3n) is 3.03. The molecule has 0 aliphatic heterocycles. The minimum absolute atomic E-state index is 0.00851. The Labute approximate surface area is 123 Å². The van der Waals surface area contributed by atoms with Crippen LogP contribution in [0.4, 0.5) is 13.2 Å². The number of hydrogen-bond donors (Lipinski definition) is 0. The minimum Gasteiger partial charge on any atom is -0.334 e. The maximum absolute atomic E-state index is 13.2. The zero-order valence-corrected chi connectivity index (χ0v) is 12.6. The van der Waals surface area contributed by atoms with Crippen molar-refractivity contribution in [3.8, 4) is 0 Å². The molecule has 2 nitrogen and oxygen atoms in total. The van der Waals surface area contributed by atoms with Gasteiger partial charge < -0.3 is 4.90 Å². The SMILES string of the molecule is CC(C)N(C(=O)/C=C(/c1ccccc1)C(F)(F)F)C(C)C. The van der Waals surface area contributed by atoms with E-state index in [9.17, 15) is 18.0 Å². The largest absolute Gasteiger partial charge is 0.417 e. The summed E-state index contributed by atoms with van der Waals surface area (Å²) in [6.07, 6.45) is -3.88. The molecular formula is C16H20F3NO.